The van der Waals surface area contributed by atoms with E-state index in [4.69, 9.17) is 0 Å². The predicted molar refractivity (Wildman–Crippen MR) is 108 cm³/mol. The second-order valence-corrected chi connectivity index (χ2v) is 9.83. The van der Waals surface area contributed by atoms with E-state index in [1.807, 2.05) is 36.6 Å². The summed E-state index contributed by atoms with van der Waals surface area (Å²) in [6, 6.07) is 10.9. The zero-order valence-electron chi connectivity index (χ0n) is 15.6. The van der Waals surface area contributed by atoms with Gasteiger partial charge in [0.2, 0.25) is 15.9 Å². The summed E-state index contributed by atoms with van der Waals surface area (Å²) in [4.78, 5) is 13.6. The Bertz CT molecular complexity index is 840. The second-order valence-electron chi connectivity index (χ2n) is 6.91. The van der Waals surface area contributed by atoms with E-state index in [2.05, 4.69) is 5.32 Å². The third-order valence-electron chi connectivity index (χ3n) is 4.86. The Morgan fingerprint density at radius 1 is 1.15 bits per heavy atom. The highest BCUT2D eigenvalue weighted by Crippen LogP contribution is 2.21. The topological polar surface area (TPSA) is 66.5 Å². The van der Waals surface area contributed by atoms with Crippen molar-refractivity contribution in [3.05, 3.63) is 52.2 Å². The van der Waals surface area contributed by atoms with Gasteiger partial charge in [-0.1, -0.05) is 24.6 Å². The standard InChI is InChI=1S/C20H26N2O3S2/c1-16(19-6-5-15-26-19)21-20(23)12-9-17-7-10-18(11-8-17)27(24,25)22-13-3-2-4-14-22/h5-8,10-11,15-16H,2-4,9,12-14H2,1H3,(H,21,23). The molecule has 27 heavy (non-hydrogen) atoms. The number of aryl methyl sites for hydroxylation is 1. The van der Waals surface area contributed by atoms with Crippen LogP contribution in [-0.2, 0) is 21.2 Å². The van der Waals surface area contributed by atoms with Crippen LogP contribution in [0, 0.1) is 0 Å². The highest BCUT2D eigenvalue weighted by molar-refractivity contribution is 7.89. The van der Waals surface area contributed by atoms with Gasteiger partial charge in [0.15, 0.2) is 0 Å². The molecule has 1 amide bonds. The van der Waals surface area contributed by atoms with Gasteiger partial charge in [-0.25, -0.2) is 8.42 Å². The van der Waals surface area contributed by atoms with Gasteiger partial charge in [-0.05, 0) is 55.3 Å². The maximum atomic E-state index is 12.7. The van der Waals surface area contributed by atoms with Crippen LogP contribution in [0.3, 0.4) is 0 Å². The van der Waals surface area contributed by atoms with Crippen LogP contribution in [0.15, 0.2) is 46.7 Å². The summed E-state index contributed by atoms with van der Waals surface area (Å²) in [5.41, 5.74) is 0.964. The minimum atomic E-state index is -3.40. The van der Waals surface area contributed by atoms with E-state index in [1.165, 1.54) is 0 Å². The van der Waals surface area contributed by atoms with Gasteiger partial charge < -0.3 is 5.32 Å². The number of sulfonamides is 1. The van der Waals surface area contributed by atoms with E-state index in [1.54, 1.807) is 27.8 Å². The van der Waals surface area contributed by atoms with Gasteiger partial charge in [-0.3, -0.25) is 4.79 Å². The van der Waals surface area contributed by atoms with Gasteiger partial charge >= 0.3 is 0 Å². The molecule has 1 atom stereocenters. The number of nitrogens with zero attached hydrogens (tertiary/aromatic N) is 1. The van der Waals surface area contributed by atoms with E-state index in [0.717, 1.165) is 29.7 Å². The van der Waals surface area contributed by atoms with Crippen LogP contribution in [0.25, 0.3) is 0 Å². The molecule has 0 bridgehead atoms. The first-order chi connectivity index (χ1) is 13.0. The Labute approximate surface area is 165 Å². The van der Waals surface area contributed by atoms with Crippen LogP contribution in [0.4, 0.5) is 0 Å². The van der Waals surface area contributed by atoms with Crippen molar-refractivity contribution in [3.8, 4) is 0 Å². The lowest BCUT2D eigenvalue weighted by Gasteiger charge is -2.25. The van der Waals surface area contributed by atoms with E-state index < -0.39 is 10.0 Å². The Morgan fingerprint density at radius 3 is 2.48 bits per heavy atom. The molecule has 1 fully saturated rings. The Morgan fingerprint density at radius 2 is 1.85 bits per heavy atom. The lowest BCUT2D eigenvalue weighted by molar-refractivity contribution is -0.121. The lowest BCUT2D eigenvalue weighted by atomic mass is 10.1. The summed E-state index contributed by atoms with van der Waals surface area (Å²) in [5, 5.41) is 5.00. The number of hydrogen-bond donors (Lipinski definition) is 1. The third kappa shape index (κ3) is 5.18. The molecule has 1 aromatic carbocycles. The molecule has 1 unspecified atom stereocenters. The Kier molecular flexibility index (Phi) is 6.68. The first-order valence-corrected chi connectivity index (χ1v) is 11.7. The van der Waals surface area contributed by atoms with Crippen molar-refractivity contribution in [3.63, 3.8) is 0 Å². The molecule has 7 heteroatoms. The molecular weight excluding hydrogens is 380 g/mol. The molecule has 0 radical (unpaired) electrons. The zero-order valence-corrected chi connectivity index (χ0v) is 17.2. The summed E-state index contributed by atoms with van der Waals surface area (Å²) in [6.45, 7) is 3.18. The van der Waals surface area contributed by atoms with Crippen LogP contribution in [0.1, 0.15) is 49.1 Å². The fourth-order valence-corrected chi connectivity index (χ4v) is 5.51. The predicted octanol–water partition coefficient (Wildman–Crippen LogP) is 3.73. The van der Waals surface area contributed by atoms with E-state index in [0.29, 0.717) is 30.8 Å². The molecule has 1 saturated heterocycles. The maximum absolute atomic E-state index is 12.7. The smallest absolute Gasteiger partial charge is 0.243 e. The van der Waals surface area contributed by atoms with Crippen LogP contribution in [0.5, 0.6) is 0 Å². The molecule has 1 aliphatic rings. The van der Waals surface area contributed by atoms with Crippen molar-refractivity contribution in [2.75, 3.05) is 13.1 Å². The SMILES string of the molecule is CC(NC(=O)CCc1ccc(S(=O)(=O)N2CCCCC2)cc1)c1cccs1. The van der Waals surface area contributed by atoms with Crippen molar-refractivity contribution in [2.24, 2.45) is 0 Å². The van der Waals surface area contributed by atoms with Crippen LogP contribution in [0.2, 0.25) is 0 Å². The lowest BCUT2D eigenvalue weighted by Crippen LogP contribution is -2.35. The quantitative estimate of drug-likeness (QED) is 0.762. The average Bonchev–Trinajstić information content (AvgIpc) is 3.22. The fourth-order valence-electron chi connectivity index (χ4n) is 3.26. The number of nitrogens with one attached hydrogen (secondary N) is 1. The molecule has 146 valence electrons. The number of carbonyl (C=O) groups excluding carboxylic acids is 1. The minimum Gasteiger partial charge on any atom is -0.349 e. The highest BCUT2D eigenvalue weighted by atomic mass is 32.2. The van der Waals surface area contributed by atoms with E-state index >= 15 is 0 Å². The molecule has 1 N–H and O–H groups in total. The summed E-state index contributed by atoms with van der Waals surface area (Å²) in [5.74, 6) is 0.000847. The maximum Gasteiger partial charge on any atom is 0.243 e. The van der Waals surface area contributed by atoms with Crippen molar-refractivity contribution in [1.29, 1.82) is 0 Å². The number of rotatable bonds is 7. The van der Waals surface area contributed by atoms with Gasteiger partial charge in [-0.2, -0.15) is 4.31 Å². The third-order valence-corrected chi connectivity index (χ3v) is 7.83. The summed E-state index contributed by atoms with van der Waals surface area (Å²) >= 11 is 1.63. The summed E-state index contributed by atoms with van der Waals surface area (Å²) in [6.07, 6.45) is 3.92. The van der Waals surface area contributed by atoms with E-state index in [9.17, 15) is 13.2 Å². The number of piperidine rings is 1. The fraction of sp³-hybridized carbons (Fsp3) is 0.450. The number of amides is 1. The number of carbonyl (C=O) groups is 1. The van der Waals surface area contributed by atoms with Crippen LogP contribution >= 0.6 is 11.3 Å². The van der Waals surface area contributed by atoms with Gasteiger partial charge in [0.1, 0.15) is 0 Å². The number of hydrogen-bond acceptors (Lipinski definition) is 4. The van der Waals surface area contributed by atoms with E-state index in [-0.39, 0.29) is 11.9 Å². The van der Waals surface area contributed by atoms with Crippen LogP contribution < -0.4 is 5.32 Å². The summed E-state index contributed by atoms with van der Waals surface area (Å²) in [7, 11) is -3.40. The van der Waals surface area contributed by atoms with Crippen molar-refractivity contribution in [1.82, 2.24) is 9.62 Å². The number of benzene rings is 1. The molecule has 1 aliphatic heterocycles. The van der Waals surface area contributed by atoms with Gasteiger partial charge in [0.25, 0.3) is 0 Å². The molecule has 5 nitrogen and oxygen atoms in total. The molecule has 2 aromatic rings. The molecule has 2 heterocycles. The van der Waals surface area contributed by atoms with Gasteiger partial charge in [0.05, 0.1) is 10.9 Å². The first kappa shape index (κ1) is 20.0. The van der Waals surface area contributed by atoms with Crippen molar-refractivity contribution >= 4 is 27.3 Å². The summed E-state index contributed by atoms with van der Waals surface area (Å²) < 4.78 is 26.9. The largest absolute Gasteiger partial charge is 0.349 e. The first-order valence-electron chi connectivity index (χ1n) is 9.38. The number of thiophene rings is 1. The average molecular weight is 407 g/mol. The monoisotopic (exact) mass is 406 g/mol. The van der Waals surface area contributed by atoms with Gasteiger partial charge in [-0.15, -0.1) is 11.3 Å². The molecular formula is C20H26N2O3S2. The Balaban J connectivity index is 1.53. The van der Waals surface area contributed by atoms with Crippen molar-refractivity contribution in [2.45, 2.75) is 50.0 Å². The Hall–Kier alpha value is -1.70. The van der Waals surface area contributed by atoms with Crippen LogP contribution in [-0.4, -0.2) is 31.7 Å². The minimum absolute atomic E-state index is 0.000847. The van der Waals surface area contributed by atoms with Gasteiger partial charge in [0, 0.05) is 24.4 Å². The van der Waals surface area contributed by atoms with Crippen molar-refractivity contribution < 1.29 is 13.2 Å². The molecule has 0 spiro atoms. The second kappa shape index (κ2) is 8.99. The molecule has 0 aliphatic carbocycles. The molecule has 3 rings (SSSR count). The molecule has 1 aromatic heterocycles. The molecule has 0 saturated carbocycles. The normalized spacial score (nSPS) is 16.8. The highest BCUT2D eigenvalue weighted by Gasteiger charge is 2.25. The zero-order chi connectivity index (χ0) is 19.3.